The zero-order valence-corrected chi connectivity index (χ0v) is 20.3. The molecule has 4 heterocycles. The van der Waals surface area contributed by atoms with E-state index >= 15 is 0 Å². The van der Waals surface area contributed by atoms with Gasteiger partial charge < -0.3 is 25.7 Å². The molecular weight excluding hydrogens is 490 g/mol. The lowest BCUT2D eigenvalue weighted by molar-refractivity contribution is -0.272. The molecule has 33 heavy (non-hydrogen) atoms. The number of thiazole rings is 1. The fourth-order valence-electron chi connectivity index (χ4n) is 4.01. The third kappa shape index (κ3) is 4.75. The lowest BCUT2D eigenvalue weighted by Gasteiger charge is -2.50. The van der Waals surface area contributed by atoms with Crippen LogP contribution in [-0.4, -0.2) is 73.4 Å². The van der Waals surface area contributed by atoms with Gasteiger partial charge in [0, 0.05) is 11.1 Å². The lowest BCUT2D eigenvalue weighted by Crippen LogP contribution is -2.71. The summed E-state index contributed by atoms with van der Waals surface area (Å²) in [5, 5.41) is 15.5. The summed E-state index contributed by atoms with van der Waals surface area (Å²) in [4.78, 5) is 43.2. The van der Waals surface area contributed by atoms with Crippen molar-refractivity contribution in [1.29, 1.82) is 0 Å². The lowest BCUT2D eigenvalue weighted by atomic mass is 9.99. The van der Waals surface area contributed by atoms with Crippen molar-refractivity contribution in [2.75, 3.05) is 18.1 Å². The minimum Gasteiger partial charge on any atom is -0.410 e. The van der Waals surface area contributed by atoms with E-state index in [0.717, 1.165) is 16.9 Å². The maximum absolute atomic E-state index is 12.9. The maximum atomic E-state index is 12.9. The minimum absolute atomic E-state index is 0.102. The van der Waals surface area contributed by atoms with E-state index in [1.807, 2.05) is 13.8 Å². The molecule has 178 valence electrons. The van der Waals surface area contributed by atoms with E-state index < -0.39 is 34.1 Å². The number of nitrogens with one attached hydrogen (secondary N) is 1. The van der Waals surface area contributed by atoms with Crippen LogP contribution in [-0.2, 0) is 23.9 Å². The number of aromatic nitrogens is 1. The van der Waals surface area contributed by atoms with Gasteiger partial charge in [0.1, 0.15) is 17.1 Å². The molecule has 1 aromatic rings. The Labute approximate surface area is 203 Å². The Balaban J connectivity index is 1.48. The second-order valence-corrected chi connectivity index (χ2v) is 10.5. The standard InChI is InChI=1S/C19H23N5O6S3/c1-19(2)29-4-3-9(30-19)5-8-6-32-16-12(15(26)24(16)13(8)17(27)31)22-14(25)11(23-28)10-7-33-18(20)21-10/h7,9,12,16,28H,3-6H2,1-2H3,(H2,20,21)(H,22,25)(H,27,31)/b23-11+/t9?,12?,16-/m1/s1. The molecule has 2 unspecified atom stereocenters. The van der Waals surface area contributed by atoms with Gasteiger partial charge in [0.05, 0.1) is 18.4 Å². The number of nitrogens with two attached hydrogens (primary N) is 1. The van der Waals surface area contributed by atoms with Crippen molar-refractivity contribution in [1.82, 2.24) is 15.2 Å². The van der Waals surface area contributed by atoms with E-state index in [4.69, 9.17) is 15.2 Å². The van der Waals surface area contributed by atoms with Crippen molar-refractivity contribution in [3.05, 3.63) is 22.3 Å². The van der Waals surface area contributed by atoms with Gasteiger partial charge in [-0.3, -0.25) is 19.3 Å². The Kier molecular flexibility index (Phi) is 6.73. The highest BCUT2D eigenvalue weighted by Crippen LogP contribution is 2.43. The molecule has 0 radical (unpaired) electrons. The first kappa shape index (κ1) is 24.0. The number of thiol groups is 1. The SMILES string of the molecule is CC1(C)OCCC(CC2=C(C(=O)S)N3C(=O)C(NC(=O)/C(=N/O)c4csc(N)n4)[C@H]3SC2)O1. The Morgan fingerprint density at radius 3 is 2.85 bits per heavy atom. The number of ether oxygens (including phenoxy) is 2. The van der Waals surface area contributed by atoms with Crippen molar-refractivity contribution in [3.63, 3.8) is 0 Å². The van der Waals surface area contributed by atoms with Crippen molar-refractivity contribution < 1.29 is 29.1 Å². The highest BCUT2D eigenvalue weighted by atomic mass is 32.2. The molecular formula is C19H23N5O6S3. The molecule has 4 N–H and O–H groups in total. The topological polar surface area (TPSA) is 156 Å². The number of fused-ring (bicyclic) bond motifs is 1. The second kappa shape index (κ2) is 9.25. The molecule has 0 saturated carbocycles. The molecule has 2 saturated heterocycles. The number of amides is 2. The third-order valence-electron chi connectivity index (χ3n) is 5.43. The Morgan fingerprint density at radius 2 is 2.24 bits per heavy atom. The fourth-order valence-corrected chi connectivity index (χ4v) is 6.18. The monoisotopic (exact) mass is 513 g/mol. The molecule has 4 rings (SSSR count). The van der Waals surface area contributed by atoms with E-state index in [1.165, 1.54) is 22.0 Å². The molecule has 3 aliphatic rings. The number of rotatable bonds is 6. The van der Waals surface area contributed by atoms with Gasteiger partial charge in [-0.05, 0) is 32.3 Å². The van der Waals surface area contributed by atoms with E-state index in [-0.39, 0.29) is 28.3 Å². The van der Waals surface area contributed by atoms with Crippen LogP contribution in [0.5, 0.6) is 0 Å². The number of anilines is 1. The van der Waals surface area contributed by atoms with Gasteiger partial charge in [0.15, 0.2) is 16.6 Å². The number of hydrogen-bond donors (Lipinski definition) is 4. The van der Waals surface area contributed by atoms with Crippen LogP contribution in [0.4, 0.5) is 5.13 Å². The summed E-state index contributed by atoms with van der Waals surface area (Å²) in [5.74, 6) is -1.45. The molecule has 2 amide bonds. The first-order chi connectivity index (χ1) is 15.6. The summed E-state index contributed by atoms with van der Waals surface area (Å²) >= 11 is 6.51. The van der Waals surface area contributed by atoms with E-state index in [2.05, 4.69) is 28.1 Å². The normalized spacial score (nSPS) is 27.1. The molecule has 0 spiro atoms. The number of nitrogen functional groups attached to an aromatic ring is 1. The molecule has 0 aliphatic carbocycles. The quantitative estimate of drug-likeness (QED) is 0.143. The van der Waals surface area contributed by atoms with Crippen LogP contribution in [0, 0.1) is 0 Å². The van der Waals surface area contributed by atoms with Gasteiger partial charge in [-0.1, -0.05) is 17.8 Å². The number of nitrogens with zero attached hydrogens (tertiary/aromatic N) is 3. The summed E-state index contributed by atoms with van der Waals surface area (Å²) in [7, 11) is 0. The summed E-state index contributed by atoms with van der Waals surface area (Å²) in [6.45, 7) is 4.21. The van der Waals surface area contributed by atoms with Crippen LogP contribution in [0.15, 0.2) is 21.8 Å². The van der Waals surface area contributed by atoms with Crippen LogP contribution in [0.3, 0.4) is 0 Å². The van der Waals surface area contributed by atoms with Gasteiger partial charge in [0.25, 0.3) is 11.8 Å². The molecule has 3 aliphatic heterocycles. The number of thioether (sulfide) groups is 1. The first-order valence-corrected chi connectivity index (χ1v) is 12.4. The summed E-state index contributed by atoms with van der Waals surface area (Å²) in [6, 6.07) is -0.891. The number of carbonyl (C=O) groups excluding carboxylic acids is 3. The molecule has 14 heteroatoms. The predicted octanol–water partition coefficient (Wildman–Crippen LogP) is 0.946. The predicted molar refractivity (Wildman–Crippen MR) is 125 cm³/mol. The minimum atomic E-state index is -0.891. The van der Waals surface area contributed by atoms with Gasteiger partial charge >= 0.3 is 0 Å². The third-order valence-corrected chi connectivity index (χ3v) is 7.66. The van der Waals surface area contributed by atoms with Crippen LogP contribution in [0.1, 0.15) is 32.4 Å². The molecule has 2 fully saturated rings. The van der Waals surface area contributed by atoms with E-state index in [1.54, 1.807) is 0 Å². The van der Waals surface area contributed by atoms with Crippen molar-refractivity contribution in [2.45, 2.75) is 50.0 Å². The van der Waals surface area contributed by atoms with E-state index in [0.29, 0.717) is 25.2 Å². The Morgan fingerprint density at radius 1 is 1.48 bits per heavy atom. The number of carbonyl (C=O) groups is 3. The molecule has 11 nitrogen and oxygen atoms in total. The zero-order chi connectivity index (χ0) is 23.9. The van der Waals surface area contributed by atoms with Crippen LogP contribution in [0.25, 0.3) is 0 Å². The zero-order valence-electron chi connectivity index (χ0n) is 17.8. The van der Waals surface area contributed by atoms with Crippen LogP contribution in [0.2, 0.25) is 0 Å². The molecule has 0 bridgehead atoms. The molecule has 3 atom stereocenters. The summed E-state index contributed by atoms with van der Waals surface area (Å²) < 4.78 is 11.5. The van der Waals surface area contributed by atoms with Gasteiger partial charge in [-0.15, -0.1) is 23.1 Å². The van der Waals surface area contributed by atoms with Crippen molar-refractivity contribution in [3.8, 4) is 0 Å². The Bertz CT molecular complexity index is 1050. The maximum Gasteiger partial charge on any atom is 0.276 e. The second-order valence-electron chi connectivity index (χ2n) is 8.12. The highest BCUT2D eigenvalue weighted by molar-refractivity contribution is 8.00. The summed E-state index contributed by atoms with van der Waals surface area (Å²) in [5.41, 5.74) is 6.33. The van der Waals surface area contributed by atoms with Crippen molar-refractivity contribution >= 4 is 63.5 Å². The fraction of sp³-hybridized carbons (Fsp3) is 0.526. The van der Waals surface area contributed by atoms with Crippen molar-refractivity contribution in [2.24, 2.45) is 5.16 Å². The van der Waals surface area contributed by atoms with Gasteiger partial charge in [0.2, 0.25) is 5.12 Å². The molecule has 1 aromatic heterocycles. The summed E-state index contributed by atoms with van der Waals surface area (Å²) in [6.07, 6.45) is 0.998. The average molecular weight is 514 g/mol. The first-order valence-electron chi connectivity index (χ1n) is 10.1. The van der Waals surface area contributed by atoms with Gasteiger partial charge in [-0.25, -0.2) is 4.98 Å². The molecule has 0 aromatic carbocycles. The van der Waals surface area contributed by atoms with Crippen LogP contribution >= 0.6 is 35.7 Å². The van der Waals surface area contributed by atoms with Crippen LogP contribution < -0.4 is 11.1 Å². The largest absolute Gasteiger partial charge is 0.410 e. The number of oxime groups is 1. The average Bonchev–Trinajstić information content (AvgIpc) is 3.17. The smallest absolute Gasteiger partial charge is 0.276 e. The number of hydrogen-bond acceptors (Lipinski definition) is 11. The van der Waals surface area contributed by atoms with Gasteiger partial charge in [-0.2, -0.15) is 0 Å². The number of β-lactam (4-membered cyclic amide) rings is 1. The van der Waals surface area contributed by atoms with E-state index in [9.17, 15) is 19.6 Å². The Hall–Kier alpha value is -2.13. The highest BCUT2D eigenvalue weighted by Gasteiger charge is 2.54.